The minimum absolute atomic E-state index is 0.0456. The Labute approximate surface area is 122 Å². The number of benzene rings is 1. The lowest BCUT2D eigenvalue weighted by Gasteiger charge is -2.11. The molecule has 4 heteroatoms. The van der Waals surface area contributed by atoms with Gasteiger partial charge in [-0.05, 0) is 12.5 Å². The number of carbonyl (C=O) groups is 2. The Hall–Kier alpha value is -2.20. The maximum Gasteiger partial charge on any atom is 0.229 e. The largest absolute Gasteiger partial charge is 0.454 e. The van der Waals surface area contributed by atoms with E-state index in [1.807, 2.05) is 6.92 Å². The van der Waals surface area contributed by atoms with E-state index in [-0.39, 0.29) is 22.9 Å². The lowest BCUT2D eigenvalue weighted by Crippen LogP contribution is -2.18. The summed E-state index contributed by atoms with van der Waals surface area (Å²) in [4.78, 5) is 24.8. The summed E-state index contributed by atoms with van der Waals surface area (Å²) in [6.45, 7) is 2.03. The number of carbonyl (C=O) groups excluding carboxylic acids is 2. The molecule has 1 aliphatic rings. The summed E-state index contributed by atoms with van der Waals surface area (Å²) in [7, 11) is 0. The molecule has 0 aliphatic heterocycles. The highest BCUT2D eigenvalue weighted by Gasteiger charge is 2.34. The number of aliphatic hydroxyl groups is 1. The summed E-state index contributed by atoms with van der Waals surface area (Å²) in [5.41, 5.74) is 1.01. The van der Waals surface area contributed by atoms with E-state index < -0.39 is 6.10 Å². The van der Waals surface area contributed by atoms with E-state index >= 15 is 0 Å². The van der Waals surface area contributed by atoms with Crippen molar-refractivity contribution in [2.45, 2.75) is 32.3 Å². The second-order valence-electron chi connectivity index (χ2n) is 5.25. The molecule has 1 atom stereocenters. The third-order valence-electron chi connectivity index (χ3n) is 3.78. The highest BCUT2D eigenvalue weighted by molar-refractivity contribution is 6.27. The van der Waals surface area contributed by atoms with Crippen LogP contribution < -0.4 is 0 Å². The number of hydrogen-bond donors (Lipinski definition) is 1. The van der Waals surface area contributed by atoms with Crippen LogP contribution in [0.3, 0.4) is 0 Å². The zero-order valence-electron chi connectivity index (χ0n) is 11.8. The third kappa shape index (κ3) is 2.21. The summed E-state index contributed by atoms with van der Waals surface area (Å²) in [6, 6.07) is 8.21. The van der Waals surface area contributed by atoms with Gasteiger partial charge in [-0.25, -0.2) is 0 Å². The number of unbranched alkanes of at least 4 members (excludes halogenated alkanes) is 1. The molecule has 1 aromatic carbocycles. The van der Waals surface area contributed by atoms with E-state index in [0.29, 0.717) is 23.3 Å². The zero-order valence-corrected chi connectivity index (χ0v) is 11.8. The van der Waals surface area contributed by atoms with Crippen molar-refractivity contribution in [1.82, 2.24) is 0 Å². The van der Waals surface area contributed by atoms with Crippen molar-refractivity contribution in [2.75, 3.05) is 0 Å². The number of aliphatic hydroxyl groups excluding tert-OH is 1. The molecule has 2 aromatic rings. The molecule has 1 heterocycles. The Morgan fingerprint density at radius 2 is 1.76 bits per heavy atom. The van der Waals surface area contributed by atoms with Gasteiger partial charge in [-0.3, -0.25) is 9.59 Å². The van der Waals surface area contributed by atoms with Gasteiger partial charge in [-0.15, -0.1) is 0 Å². The molecule has 3 rings (SSSR count). The molecule has 1 aromatic heterocycles. The Kier molecular flexibility index (Phi) is 3.47. The molecule has 0 amide bonds. The molecule has 0 saturated heterocycles. The Morgan fingerprint density at radius 3 is 2.43 bits per heavy atom. The minimum atomic E-state index is -0.778. The van der Waals surface area contributed by atoms with Crippen molar-refractivity contribution < 1.29 is 19.1 Å². The number of hydrogen-bond acceptors (Lipinski definition) is 4. The van der Waals surface area contributed by atoms with Crippen LogP contribution in [0.2, 0.25) is 0 Å². The summed E-state index contributed by atoms with van der Waals surface area (Å²) < 4.78 is 5.48. The van der Waals surface area contributed by atoms with E-state index in [2.05, 4.69) is 0 Å². The van der Waals surface area contributed by atoms with Gasteiger partial charge >= 0.3 is 0 Å². The Balaban J connectivity index is 2.01. The molecule has 0 saturated carbocycles. The van der Waals surface area contributed by atoms with E-state index in [0.717, 1.165) is 12.8 Å². The number of ketones is 2. The highest BCUT2D eigenvalue weighted by Crippen LogP contribution is 2.32. The van der Waals surface area contributed by atoms with Crippen LogP contribution >= 0.6 is 0 Å². The summed E-state index contributed by atoms with van der Waals surface area (Å²) >= 11 is 0. The maximum absolute atomic E-state index is 12.4. The summed E-state index contributed by atoms with van der Waals surface area (Å²) in [5, 5.41) is 10.1. The first-order valence-electron chi connectivity index (χ1n) is 7.13. The van der Waals surface area contributed by atoms with E-state index in [9.17, 15) is 14.7 Å². The quantitative estimate of drug-likeness (QED) is 0.798. The van der Waals surface area contributed by atoms with Gasteiger partial charge in [0.25, 0.3) is 0 Å². The first-order valence-corrected chi connectivity index (χ1v) is 7.13. The van der Waals surface area contributed by atoms with Crippen molar-refractivity contribution in [3.05, 3.63) is 58.5 Å². The van der Waals surface area contributed by atoms with E-state index in [1.54, 1.807) is 24.3 Å². The van der Waals surface area contributed by atoms with Crippen molar-refractivity contribution in [1.29, 1.82) is 0 Å². The fourth-order valence-electron chi connectivity index (χ4n) is 2.60. The van der Waals surface area contributed by atoms with Crippen LogP contribution in [0.4, 0.5) is 0 Å². The molecule has 21 heavy (non-hydrogen) atoms. The van der Waals surface area contributed by atoms with Crippen molar-refractivity contribution in [3.63, 3.8) is 0 Å². The van der Waals surface area contributed by atoms with Gasteiger partial charge in [0, 0.05) is 11.1 Å². The second-order valence-corrected chi connectivity index (χ2v) is 5.25. The minimum Gasteiger partial charge on any atom is -0.454 e. The normalized spacial score (nSPS) is 14.8. The molecule has 0 spiro atoms. The molecule has 0 radical (unpaired) electrons. The predicted molar refractivity (Wildman–Crippen MR) is 76.5 cm³/mol. The van der Waals surface area contributed by atoms with Gasteiger partial charge in [-0.1, -0.05) is 44.0 Å². The van der Waals surface area contributed by atoms with Gasteiger partial charge in [0.15, 0.2) is 11.5 Å². The van der Waals surface area contributed by atoms with Crippen molar-refractivity contribution in [2.24, 2.45) is 0 Å². The molecule has 1 N–H and O–H groups in total. The monoisotopic (exact) mass is 284 g/mol. The smallest absolute Gasteiger partial charge is 0.229 e. The van der Waals surface area contributed by atoms with Gasteiger partial charge in [-0.2, -0.15) is 0 Å². The lowest BCUT2D eigenvalue weighted by atomic mass is 9.88. The summed E-state index contributed by atoms with van der Waals surface area (Å²) in [6.07, 6.45) is 1.59. The van der Waals surface area contributed by atoms with Crippen LogP contribution in [0.25, 0.3) is 0 Å². The predicted octanol–water partition coefficient (Wildman–Crippen LogP) is 3.28. The molecular formula is C17H16O4. The molecule has 1 unspecified atom stereocenters. The summed E-state index contributed by atoms with van der Waals surface area (Å²) in [5.74, 6) is -0.181. The average Bonchev–Trinajstić information content (AvgIpc) is 2.96. The fourth-order valence-corrected chi connectivity index (χ4v) is 2.60. The molecule has 1 aliphatic carbocycles. The first-order chi connectivity index (χ1) is 10.1. The standard InChI is InChI=1S/C17H16O4/c1-2-3-8-13(18)14-9-12-15(19)10-6-4-5-7-11(10)16(20)17(12)21-14/h4-7,9,13,18H,2-3,8H2,1H3. The first kappa shape index (κ1) is 13.8. The average molecular weight is 284 g/mol. The van der Waals surface area contributed by atoms with Crippen LogP contribution in [-0.4, -0.2) is 16.7 Å². The zero-order chi connectivity index (χ0) is 15.0. The number of fused-ring (bicyclic) bond motifs is 2. The van der Waals surface area contributed by atoms with Crippen LogP contribution in [-0.2, 0) is 0 Å². The van der Waals surface area contributed by atoms with Crippen LogP contribution in [0.15, 0.2) is 34.7 Å². The van der Waals surface area contributed by atoms with E-state index in [1.165, 1.54) is 6.07 Å². The van der Waals surface area contributed by atoms with Gasteiger partial charge in [0.2, 0.25) is 5.78 Å². The van der Waals surface area contributed by atoms with E-state index in [4.69, 9.17) is 4.42 Å². The lowest BCUT2D eigenvalue weighted by molar-refractivity contribution is 0.0948. The number of furan rings is 1. The molecule has 0 bridgehead atoms. The topological polar surface area (TPSA) is 67.5 Å². The van der Waals surface area contributed by atoms with Gasteiger partial charge in [0.05, 0.1) is 5.56 Å². The molecular weight excluding hydrogens is 268 g/mol. The van der Waals surface area contributed by atoms with Crippen LogP contribution in [0, 0.1) is 0 Å². The number of rotatable bonds is 4. The fraction of sp³-hybridized carbons (Fsp3) is 0.294. The second kappa shape index (κ2) is 5.30. The van der Waals surface area contributed by atoms with Crippen LogP contribution in [0.5, 0.6) is 0 Å². The van der Waals surface area contributed by atoms with Crippen molar-refractivity contribution >= 4 is 11.6 Å². The third-order valence-corrected chi connectivity index (χ3v) is 3.78. The van der Waals surface area contributed by atoms with Gasteiger partial charge < -0.3 is 9.52 Å². The van der Waals surface area contributed by atoms with Crippen LogP contribution in [0.1, 0.15) is 70.1 Å². The Morgan fingerprint density at radius 1 is 1.10 bits per heavy atom. The SMILES string of the molecule is CCCCC(O)c1cc2c(o1)C(=O)c1ccccc1C2=O. The highest BCUT2D eigenvalue weighted by atomic mass is 16.4. The van der Waals surface area contributed by atoms with Gasteiger partial charge in [0.1, 0.15) is 11.9 Å². The Bertz CT molecular complexity index is 659. The van der Waals surface area contributed by atoms with Crippen molar-refractivity contribution in [3.8, 4) is 0 Å². The molecule has 4 nitrogen and oxygen atoms in total. The molecule has 0 fully saturated rings. The maximum atomic E-state index is 12.4. The molecule has 108 valence electrons.